The van der Waals surface area contributed by atoms with E-state index in [4.69, 9.17) is 0 Å². The van der Waals surface area contributed by atoms with Gasteiger partial charge >= 0.3 is 0 Å². The van der Waals surface area contributed by atoms with Crippen molar-refractivity contribution in [3.63, 3.8) is 0 Å². The standard InChI is InChI=1S/C15H19N5O2/c1-15(2,3)19-13(21)8-17-14(22)11-4-6-12(7-5-11)20-10-16-9-18-20/h4-7,9-10H,8H2,1-3H3,(H,17,22)(H,19,21). The summed E-state index contributed by atoms with van der Waals surface area (Å²) in [7, 11) is 0. The van der Waals surface area contributed by atoms with Gasteiger partial charge in [0.25, 0.3) is 5.91 Å². The Bertz CT molecular complexity index is 642. The fourth-order valence-corrected chi connectivity index (χ4v) is 1.83. The Morgan fingerprint density at radius 1 is 1.18 bits per heavy atom. The average molecular weight is 301 g/mol. The van der Waals surface area contributed by atoms with Crippen molar-refractivity contribution in [2.45, 2.75) is 26.3 Å². The van der Waals surface area contributed by atoms with E-state index in [1.54, 1.807) is 35.3 Å². The van der Waals surface area contributed by atoms with Gasteiger partial charge in [0.2, 0.25) is 5.91 Å². The largest absolute Gasteiger partial charge is 0.350 e. The van der Waals surface area contributed by atoms with Crippen LogP contribution in [-0.2, 0) is 4.79 Å². The van der Waals surface area contributed by atoms with Crippen LogP contribution in [0.3, 0.4) is 0 Å². The summed E-state index contributed by atoms with van der Waals surface area (Å²) in [5.41, 5.74) is 0.966. The zero-order valence-corrected chi connectivity index (χ0v) is 12.8. The maximum absolute atomic E-state index is 12.0. The van der Waals surface area contributed by atoms with E-state index in [0.29, 0.717) is 5.56 Å². The molecule has 2 amide bonds. The number of rotatable bonds is 4. The number of hydrogen-bond acceptors (Lipinski definition) is 4. The smallest absolute Gasteiger partial charge is 0.251 e. The molecule has 0 aliphatic heterocycles. The number of hydrogen-bond donors (Lipinski definition) is 2. The van der Waals surface area contributed by atoms with E-state index in [1.165, 1.54) is 6.33 Å². The third-order valence-electron chi connectivity index (χ3n) is 2.74. The molecule has 0 atom stereocenters. The van der Waals surface area contributed by atoms with Crippen molar-refractivity contribution >= 4 is 11.8 Å². The summed E-state index contributed by atoms with van der Waals surface area (Å²) in [5.74, 6) is -0.519. The Hall–Kier alpha value is -2.70. The summed E-state index contributed by atoms with van der Waals surface area (Å²) in [6.45, 7) is 5.60. The first kappa shape index (κ1) is 15.7. The maximum Gasteiger partial charge on any atom is 0.251 e. The molecule has 0 saturated carbocycles. The second-order valence-electron chi connectivity index (χ2n) is 5.87. The van der Waals surface area contributed by atoms with E-state index in [9.17, 15) is 9.59 Å². The van der Waals surface area contributed by atoms with Crippen LogP contribution in [0, 0.1) is 0 Å². The summed E-state index contributed by atoms with van der Waals surface area (Å²) in [5, 5.41) is 9.38. The molecule has 0 bridgehead atoms. The van der Waals surface area contributed by atoms with Crippen LogP contribution >= 0.6 is 0 Å². The quantitative estimate of drug-likeness (QED) is 0.878. The first-order valence-corrected chi connectivity index (χ1v) is 6.89. The van der Waals surface area contributed by atoms with Crippen LogP contribution in [0.4, 0.5) is 0 Å². The van der Waals surface area contributed by atoms with E-state index in [0.717, 1.165) is 5.69 Å². The lowest BCUT2D eigenvalue weighted by atomic mass is 10.1. The van der Waals surface area contributed by atoms with Crippen molar-refractivity contribution in [1.82, 2.24) is 25.4 Å². The van der Waals surface area contributed by atoms with Gasteiger partial charge in [-0.3, -0.25) is 9.59 Å². The summed E-state index contributed by atoms with van der Waals surface area (Å²) in [4.78, 5) is 27.5. The van der Waals surface area contributed by atoms with E-state index >= 15 is 0 Å². The van der Waals surface area contributed by atoms with Crippen LogP contribution in [0.2, 0.25) is 0 Å². The first-order chi connectivity index (χ1) is 10.3. The highest BCUT2D eigenvalue weighted by atomic mass is 16.2. The van der Waals surface area contributed by atoms with Crippen molar-refractivity contribution in [1.29, 1.82) is 0 Å². The lowest BCUT2D eigenvalue weighted by molar-refractivity contribution is -0.121. The van der Waals surface area contributed by atoms with Crippen LogP contribution in [-0.4, -0.2) is 38.7 Å². The highest BCUT2D eigenvalue weighted by Crippen LogP contribution is 2.07. The Morgan fingerprint density at radius 2 is 1.86 bits per heavy atom. The van der Waals surface area contributed by atoms with E-state index in [2.05, 4.69) is 20.7 Å². The van der Waals surface area contributed by atoms with E-state index in [1.807, 2.05) is 20.8 Å². The van der Waals surface area contributed by atoms with Gasteiger partial charge in [-0.25, -0.2) is 9.67 Å². The second kappa shape index (κ2) is 6.38. The molecule has 2 rings (SSSR count). The van der Waals surface area contributed by atoms with Gasteiger partial charge in [-0.15, -0.1) is 0 Å². The molecule has 0 spiro atoms. The fraction of sp³-hybridized carbons (Fsp3) is 0.333. The van der Waals surface area contributed by atoms with Crippen molar-refractivity contribution in [2.75, 3.05) is 6.54 Å². The SMILES string of the molecule is CC(C)(C)NC(=O)CNC(=O)c1ccc(-n2cncn2)cc1. The lowest BCUT2D eigenvalue weighted by Crippen LogP contribution is -2.45. The Balaban J connectivity index is 1.92. The molecular weight excluding hydrogens is 282 g/mol. The molecule has 1 aromatic carbocycles. The molecule has 1 aromatic heterocycles. The van der Waals surface area contributed by atoms with E-state index < -0.39 is 0 Å². The number of benzene rings is 1. The van der Waals surface area contributed by atoms with Crippen molar-refractivity contribution in [2.24, 2.45) is 0 Å². The lowest BCUT2D eigenvalue weighted by Gasteiger charge is -2.20. The van der Waals surface area contributed by atoms with Gasteiger partial charge in [0.15, 0.2) is 0 Å². The molecule has 0 radical (unpaired) electrons. The van der Waals surface area contributed by atoms with Crippen molar-refractivity contribution < 1.29 is 9.59 Å². The Morgan fingerprint density at radius 3 is 2.41 bits per heavy atom. The molecule has 7 nitrogen and oxygen atoms in total. The summed E-state index contributed by atoms with van der Waals surface area (Å²) in [6, 6.07) is 6.87. The van der Waals surface area contributed by atoms with Crippen LogP contribution in [0.5, 0.6) is 0 Å². The molecule has 2 N–H and O–H groups in total. The molecule has 22 heavy (non-hydrogen) atoms. The zero-order chi connectivity index (χ0) is 16.2. The predicted octanol–water partition coefficient (Wildman–Crippen LogP) is 0.912. The van der Waals surface area contributed by atoms with Crippen LogP contribution < -0.4 is 10.6 Å². The van der Waals surface area contributed by atoms with Crippen molar-refractivity contribution in [3.05, 3.63) is 42.5 Å². The fourth-order valence-electron chi connectivity index (χ4n) is 1.83. The molecule has 0 aliphatic carbocycles. The van der Waals surface area contributed by atoms with Gasteiger partial charge in [-0.2, -0.15) is 5.10 Å². The van der Waals surface area contributed by atoms with Crippen LogP contribution in [0.15, 0.2) is 36.9 Å². The molecule has 0 aliphatic rings. The maximum atomic E-state index is 12.0. The molecule has 2 aromatic rings. The zero-order valence-electron chi connectivity index (χ0n) is 12.8. The minimum atomic E-state index is -0.318. The van der Waals surface area contributed by atoms with E-state index in [-0.39, 0.29) is 23.9 Å². The highest BCUT2D eigenvalue weighted by Gasteiger charge is 2.14. The number of aromatic nitrogens is 3. The number of amides is 2. The molecule has 0 fully saturated rings. The number of carbonyl (C=O) groups is 2. The molecule has 7 heteroatoms. The first-order valence-electron chi connectivity index (χ1n) is 6.89. The van der Waals surface area contributed by atoms with Gasteiger partial charge in [-0.05, 0) is 45.0 Å². The number of nitrogens with one attached hydrogen (secondary N) is 2. The molecule has 1 heterocycles. The van der Waals surface area contributed by atoms with Gasteiger partial charge in [-0.1, -0.05) is 0 Å². The van der Waals surface area contributed by atoms with Crippen molar-refractivity contribution in [3.8, 4) is 5.69 Å². The Labute approximate surface area is 128 Å². The Kier molecular flexibility index (Phi) is 4.55. The summed E-state index contributed by atoms with van der Waals surface area (Å²) in [6.07, 6.45) is 3.01. The monoisotopic (exact) mass is 301 g/mol. The normalized spacial score (nSPS) is 11.0. The van der Waals surface area contributed by atoms with Gasteiger partial charge in [0, 0.05) is 11.1 Å². The highest BCUT2D eigenvalue weighted by molar-refractivity contribution is 5.96. The number of nitrogens with zero attached hydrogens (tertiary/aromatic N) is 3. The minimum Gasteiger partial charge on any atom is -0.350 e. The second-order valence-corrected chi connectivity index (χ2v) is 5.87. The topological polar surface area (TPSA) is 88.9 Å². The van der Waals surface area contributed by atoms with Gasteiger partial charge in [0.1, 0.15) is 12.7 Å². The predicted molar refractivity (Wildman–Crippen MR) is 81.6 cm³/mol. The molecule has 0 unspecified atom stereocenters. The van der Waals surface area contributed by atoms with Gasteiger partial charge < -0.3 is 10.6 Å². The molecule has 116 valence electrons. The average Bonchev–Trinajstić information content (AvgIpc) is 2.97. The molecular formula is C15H19N5O2. The number of carbonyl (C=O) groups excluding carboxylic acids is 2. The van der Waals surface area contributed by atoms with Gasteiger partial charge in [0.05, 0.1) is 12.2 Å². The minimum absolute atomic E-state index is 0.0546. The summed E-state index contributed by atoms with van der Waals surface area (Å²) >= 11 is 0. The van der Waals surface area contributed by atoms with Crippen LogP contribution in [0.1, 0.15) is 31.1 Å². The van der Waals surface area contributed by atoms with Crippen LogP contribution in [0.25, 0.3) is 5.69 Å². The molecule has 0 saturated heterocycles. The summed E-state index contributed by atoms with van der Waals surface area (Å²) < 4.78 is 1.60. The third-order valence-corrected chi connectivity index (χ3v) is 2.74. The third kappa shape index (κ3) is 4.41.